The van der Waals surface area contributed by atoms with Crippen molar-refractivity contribution in [1.82, 2.24) is 24.4 Å². The van der Waals surface area contributed by atoms with E-state index < -0.39 is 0 Å². The van der Waals surface area contributed by atoms with E-state index in [0.29, 0.717) is 37.7 Å². The third-order valence-corrected chi connectivity index (χ3v) is 6.11. The molecule has 0 unspecified atom stereocenters. The van der Waals surface area contributed by atoms with Crippen LogP contribution in [0.25, 0.3) is 4.96 Å². The summed E-state index contributed by atoms with van der Waals surface area (Å²) in [4.78, 5) is 21.6. The van der Waals surface area contributed by atoms with Gasteiger partial charge in [-0.3, -0.25) is 4.90 Å². The highest BCUT2D eigenvalue weighted by Crippen LogP contribution is 2.40. The Morgan fingerprint density at radius 2 is 1.97 bits per heavy atom. The summed E-state index contributed by atoms with van der Waals surface area (Å²) in [6.07, 6.45) is 1.14. The van der Waals surface area contributed by atoms with Gasteiger partial charge in [0.1, 0.15) is 12.1 Å². The Morgan fingerprint density at radius 3 is 2.59 bits per heavy atom. The molecule has 4 rings (SSSR count). The quantitative estimate of drug-likeness (QED) is 0.681. The number of methoxy groups -OCH3 is 1. The van der Waals surface area contributed by atoms with E-state index in [1.165, 1.54) is 22.2 Å². The van der Waals surface area contributed by atoms with E-state index >= 15 is 0 Å². The first-order valence-electron chi connectivity index (χ1n) is 9.43. The number of carbonyl (C=O) groups excluding carboxylic acids is 1. The second-order valence-corrected chi connectivity index (χ2v) is 7.65. The van der Waals surface area contributed by atoms with Crippen LogP contribution < -0.4 is 4.74 Å². The van der Waals surface area contributed by atoms with Gasteiger partial charge < -0.3 is 19.5 Å². The van der Waals surface area contributed by atoms with Crippen molar-refractivity contribution in [3.63, 3.8) is 0 Å². The number of benzene rings is 1. The first kappa shape index (κ1) is 19.5. The number of amides is 1. The van der Waals surface area contributed by atoms with Gasteiger partial charge in [-0.1, -0.05) is 23.5 Å². The van der Waals surface area contributed by atoms with Crippen LogP contribution >= 0.6 is 11.3 Å². The minimum absolute atomic E-state index is 0.0936. The smallest absolute Gasteiger partial charge is 0.409 e. The molecule has 10 heteroatoms. The van der Waals surface area contributed by atoms with Gasteiger partial charge in [0.25, 0.3) is 0 Å². The Kier molecular flexibility index (Phi) is 5.54. The van der Waals surface area contributed by atoms with Crippen LogP contribution in [0.4, 0.5) is 4.79 Å². The number of aromatic nitrogens is 3. The lowest BCUT2D eigenvalue weighted by Crippen LogP contribution is -2.49. The second kappa shape index (κ2) is 8.26. The van der Waals surface area contributed by atoms with E-state index in [1.54, 1.807) is 18.9 Å². The van der Waals surface area contributed by atoms with Crippen molar-refractivity contribution in [2.24, 2.45) is 0 Å². The Labute approximate surface area is 172 Å². The predicted molar refractivity (Wildman–Crippen MR) is 108 cm³/mol. The van der Waals surface area contributed by atoms with Crippen molar-refractivity contribution in [2.75, 3.05) is 39.9 Å². The van der Waals surface area contributed by atoms with Crippen LogP contribution in [0.1, 0.15) is 23.4 Å². The number of aromatic hydroxyl groups is 1. The average molecular weight is 417 g/mol. The number of ether oxygens (including phenoxy) is 2. The number of hydrogen-bond donors (Lipinski definition) is 1. The average Bonchev–Trinajstić information content (AvgIpc) is 3.33. The summed E-state index contributed by atoms with van der Waals surface area (Å²) in [6.45, 7) is 4.60. The van der Waals surface area contributed by atoms with Gasteiger partial charge in [0.05, 0.1) is 24.6 Å². The summed E-state index contributed by atoms with van der Waals surface area (Å²) in [5.41, 5.74) is 1.02. The zero-order valence-corrected chi connectivity index (χ0v) is 17.1. The van der Waals surface area contributed by atoms with E-state index in [4.69, 9.17) is 9.47 Å². The van der Waals surface area contributed by atoms with Crippen LogP contribution in [-0.2, 0) is 4.74 Å². The summed E-state index contributed by atoms with van der Waals surface area (Å²) in [5.74, 6) is 0.864. The largest absolute Gasteiger partial charge is 0.497 e. The molecule has 1 amide bonds. The summed E-state index contributed by atoms with van der Waals surface area (Å²) in [7, 11) is 1.63. The highest BCUT2D eigenvalue weighted by atomic mass is 32.1. The van der Waals surface area contributed by atoms with E-state index in [-0.39, 0.29) is 18.0 Å². The summed E-state index contributed by atoms with van der Waals surface area (Å²) < 4.78 is 11.8. The zero-order chi connectivity index (χ0) is 20.4. The Hall–Kier alpha value is -2.85. The van der Waals surface area contributed by atoms with Crippen LogP contribution in [0.3, 0.4) is 0 Å². The number of nitrogens with zero attached hydrogens (tertiary/aromatic N) is 5. The van der Waals surface area contributed by atoms with Crippen molar-refractivity contribution in [3.8, 4) is 11.6 Å². The molecule has 0 aliphatic carbocycles. The van der Waals surface area contributed by atoms with Crippen molar-refractivity contribution >= 4 is 22.4 Å². The van der Waals surface area contributed by atoms with Crippen LogP contribution in [-0.4, -0.2) is 75.5 Å². The molecule has 9 nitrogen and oxygen atoms in total. The third kappa shape index (κ3) is 3.73. The van der Waals surface area contributed by atoms with Gasteiger partial charge in [0.2, 0.25) is 10.8 Å². The molecular weight excluding hydrogens is 394 g/mol. The van der Waals surface area contributed by atoms with Gasteiger partial charge in [-0.25, -0.2) is 9.78 Å². The standard InChI is InChI=1S/C19H23N5O4S/c1-3-28-19(26)23-10-8-22(9-11-23)15(13-4-6-14(27-2)7-5-13)16-17(25)24-18(29-16)20-12-21-24/h4-7,12,15,25H,3,8-11H2,1-2H3/t15-/m0/s1. The van der Waals surface area contributed by atoms with Crippen molar-refractivity contribution in [3.05, 3.63) is 41.0 Å². The summed E-state index contributed by atoms with van der Waals surface area (Å²) in [5, 5.41) is 14.9. The fourth-order valence-electron chi connectivity index (χ4n) is 3.56. The van der Waals surface area contributed by atoms with Gasteiger partial charge in [-0.2, -0.15) is 9.61 Å². The van der Waals surface area contributed by atoms with Crippen molar-refractivity contribution in [2.45, 2.75) is 13.0 Å². The van der Waals surface area contributed by atoms with Crippen LogP contribution in [0.5, 0.6) is 11.6 Å². The Morgan fingerprint density at radius 1 is 1.24 bits per heavy atom. The van der Waals surface area contributed by atoms with Crippen LogP contribution in [0, 0.1) is 0 Å². The minimum atomic E-state index is -0.283. The van der Waals surface area contributed by atoms with E-state index in [9.17, 15) is 9.90 Å². The molecule has 0 radical (unpaired) electrons. The van der Waals surface area contributed by atoms with E-state index in [2.05, 4.69) is 15.0 Å². The minimum Gasteiger partial charge on any atom is -0.497 e. The van der Waals surface area contributed by atoms with Crippen LogP contribution in [0.2, 0.25) is 0 Å². The zero-order valence-electron chi connectivity index (χ0n) is 16.3. The van der Waals surface area contributed by atoms with Gasteiger partial charge >= 0.3 is 6.09 Å². The molecule has 3 aromatic rings. The highest BCUT2D eigenvalue weighted by Gasteiger charge is 2.32. The molecule has 3 heterocycles. The number of thiazole rings is 1. The summed E-state index contributed by atoms with van der Waals surface area (Å²) >= 11 is 1.41. The van der Waals surface area contributed by atoms with Crippen LogP contribution in [0.15, 0.2) is 30.6 Å². The molecule has 154 valence electrons. The maximum Gasteiger partial charge on any atom is 0.409 e. The highest BCUT2D eigenvalue weighted by molar-refractivity contribution is 7.17. The number of rotatable bonds is 5. The Balaban J connectivity index is 1.64. The number of hydrogen-bond acceptors (Lipinski definition) is 8. The molecule has 1 aliphatic heterocycles. The van der Waals surface area contributed by atoms with E-state index in [0.717, 1.165) is 16.2 Å². The maximum absolute atomic E-state index is 12.0. The fraction of sp³-hybridized carbons (Fsp3) is 0.421. The molecule has 0 spiro atoms. The number of fused-ring (bicyclic) bond motifs is 1. The second-order valence-electron chi connectivity index (χ2n) is 6.64. The van der Waals surface area contributed by atoms with Gasteiger partial charge in [0, 0.05) is 26.2 Å². The molecule has 0 bridgehead atoms. The van der Waals surface area contributed by atoms with Crippen molar-refractivity contribution < 1.29 is 19.4 Å². The first-order valence-corrected chi connectivity index (χ1v) is 10.2. The van der Waals surface area contributed by atoms with Gasteiger partial charge in [-0.15, -0.1) is 0 Å². The third-order valence-electron chi connectivity index (χ3n) is 5.02. The molecule has 29 heavy (non-hydrogen) atoms. The van der Waals surface area contributed by atoms with Gasteiger partial charge in [-0.05, 0) is 24.6 Å². The topological polar surface area (TPSA) is 92.4 Å². The first-order chi connectivity index (χ1) is 14.1. The van der Waals surface area contributed by atoms with Gasteiger partial charge in [0.15, 0.2) is 0 Å². The molecule has 1 saturated heterocycles. The summed E-state index contributed by atoms with van der Waals surface area (Å²) in [6, 6.07) is 7.63. The Bertz CT molecular complexity index is 978. The molecule has 1 fully saturated rings. The maximum atomic E-state index is 12.0. The molecule has 1 N–H and O–H groups in total. The monoisotopic (exact) mass is 417 g/mol. The molecule has 0 saturated carbocycles. The molecule has 1 aromatic carbocycles. The number of piperazine rings is 1. The van der Waals surface area contributed by atoms with Crippen molar-refractivity contribution in [1.29, 1.82) is 0 Å². The normalized spacial score (nSPS) is 16.1. The fourth-order valence-corrected chi connectivity index (χ4v) is 4.66. The molecule has 2 aromatic heterocycles. The molecule has 1 aliphatic rings. The number of carbonyl (C=O) groups is 1. The lowest BCUT2D eigenvalue weighted by atomic mass is 10.0. The lowest BCUT2D eigenvalue weighted by Gasteiger charge is -2.38. The molecule has 1 atom stereocenters. The predicted octanol–water partition coefficient (Wildman–Crippen LogP) is 2.37. The van der Waals surface area contributed by atoms with E-state index in [1.807, 2.05) is 24.3 Å². The molecular formula is C19H23N5O4S. The lowest BCUT2D eigenvalue weighted by molar-refractivity contribution is 0.0715. The SMILES string of the molecule is CCOC(=O)N1CCN([C@@H](c2ccc(OC)cc2)c2sc3ncnn3c2O)CC1.